The van der Waals surface area contributed by atoms with E-state index in [1.807, 2.05) is 0 Å². The molecule has 2 nitrogen and oxygen atoms in total. The predicted octanol–water partition coefficient (Wildman–Crippen LogP) is 0.467. The van der Waals surface area contributed by atoms with Gasteiger partial charge >= 0.3 is 7.12 Å². The highest BCUT2D eigenvalue weighted by Crippen LogP contribution is 2.15. The number of halogens is 2. The summed E-state index contributed by atoms with van der Waals surface area (Å²) in [4.78, 5) is 0. The number of benzene rings is 1. The summed E-state index contributed by atoms with van der Waals surface area (Å²) in [6.07, 6.45) is 0. The minimum Gasteiger partial charge on any atom is -0.423 e. The monoisotopic (exact) mass is 188 g/mol. The van der Waals surface area contributed by atoms with Crippen molar-refractivity contribution >= 4 is 24.2 Å². The van der Waals surface area contributed by atoms with Crippen molar-refractivity contribution < 1.29 is 14.4 Å². The van der Waals surface area contributed by atoms with E-state index in [0.717, 1.165) is 0 Å². The van der Waals surface area contributed by atoms with E-state index in [2.05, 4.69) is 0 Å². The Labute approximate surface area is 74.7 Å². The second kappa shape index (κ2) is 3.43. The average molecular weight is 188 g/mol. The van der Waals surface area contributed by atoms with E-state index in [4.69, 9.17) is 21.6 Å². The van der Waals surface area contributed by atoms with Gasteiger partial charge in [0.1, 0.15) is 5.82 Å². The van der Waals surface area contributed by atoms with Crippen molar-refractivity contribution in [1.29, 1.82) is 0 Å². The maximum Gasteiger partial charge on any atom is 0.491 e. The molecular formula is C7H7BClFO2. The summed E-state index contributed by atoms with van der Waals surface area (Å²) >= 11 is 5.59. The SMILES string of the molecule is Cc1c(Cl)ccc(B(O)O)c1F. The first kappa shape index (κ1) is 9.51. The Morgan fingerprint density at radius 3 is 2.50 bits per heavy atom. The fourth-order valence-electron chi connectivity index (χ4n) is 0.882. The highest BCUT2D eigenvalue weighted by Gasteiger charge is 2.18. The Bertz CT molecular complexity index is 304. The van der Waals surface area contributed by atoms with Gasteiger partial charge in [-0.15, -0.1) is 0 Å². The minimum atomic E-state index is -1.79. The molecule has 1 aromatic rings. The standard InChI is InChI=1S/C7H7BClFO2/c1-4-6(9)3-2-5(7(4)10)8(11)12/h2-3,11-12H,1H3. The summed E-state index contributed by atoms with van der Waals surface area (Å²) in [5.41, 5.74) is 0.0687. The van der Waals surface area contributed by atoms with Gasteiger partial charge in [0.25, 0.3) is 0 Å². The molecule has 64 valence electrons. The Hall–Kier alpha value is -0.575. The molecule has 0 aliphatic rings. The molecule has 0 heterocycles. The van der Waals surface area contributed by atoms with Gasteiger partial charge in [-0.1, -0.05) is 17.7 Å². The van der Waals surface area contributed by atoms with E-state index in [1.165, 1.54) is 19.1 Å². The molecule has 12 heavy (non-hydrogen) atoms. The van der Waals surface area contributed by atoms with Crippen LogP contribution in [0.3, 0.4) is 0 Å². The molecule has 0 fully saturated rings. The van der Waals surface area contributed by atoms with E-state index in [0.29, 0.717) is 0 Å². The third-order valence-electron chi connectivity index (χ3n) is 1.63. The molecule has 0 aliphatic heterocycles. The molecule has 0 saturated heterocycles. The first-order valence-corrected chi connectivity index (χ1v) is 3.72. The van der Waals surface area contributed by atoms with Gasteiger partial charge in [-0.25, -0.2) is 4.39 Å². The molecule has 2 N–H and O–H groups in total. The van der Waals surface area contributed by atoms with Crippen LogP contribution in [-0.4, -0.2) is 17.2 Å². The van der Waals surface area contributed by atoms with Crippen molar-refractivity contribution in [3.63, 3.8) is 0 Å². The van der Waals surface area contributed by atoms with Crippen LogP contribution in [-0.2, 0) is 0 Å². The summed E-state index contributed by atoms with van der Waals surface area (Å²) in [5, 5.41) is 17.7. The molecule has 1 aromatic carbocycles. The molecule has 0 aromatic heterocycles. The maximum absolute atomic E-state index is 13.1. The number of hydrogen-bond donors (Lipinski definition) is 2. The lowest BCUT2D eigenvalue weighted by Gasteiger charge is -2.05. The van der Waals surface area contributed by atoms with Crippen LogP contribution in [0.15, 0.2) is 12.1 Å². The van der Waals surface area contributed by atoms with Crippen LogP contribution in [0.25, 0.3) is 0 Å². The summed E-state index contributed by atoms with van der Waals surface area (Å²) in [6.45, 7) is 1.48. The first-order chi connectivity index (χ1) is 5.54. The van der Waals surface area contributed by atoms with Crippen LogP contribution >= 0.6 is 11.6 Å². The predicted molar refractivity (Wildman–Crippen MR) is 46.0 cm³/mol. The Kier molecular flexibility index (Phi) is 2.72. The van der Waals surface area contributed by atoms with E-state index >= 15 is 0 Å². The van der Waals surface area contributed by atoms with Gasteiger partial charge in [0, 0.05) is 16.0 Å². The summed E-state index contributed by atoms with van der Waals surface area (Å²) < 4.78 is 13.1. The van der Waals surface area contributed by atoms with Gasteiger partial charge in [-0.05, 0) is 13.0 Å². The van der Waals surface area contributed by atoms with Gasteiger partial charge in [0.15, 0.2) is 0 Å². The van der Waals surface area contributed by atoms with Crippen LogP contribution in [0.5, 0.6) is 0 Å². The zero-order valence-electron chi connectivity index (χ0n) is 6.38. The van der Waals surface area contributed by atoms with Gasteiger partial charge in [-0.3, -0.25) is 0 Å². The lowest BCUT2D eigenvalue weighted by atomic mass is 9.79. The Morgan fingerprint density at radius 1 is 1.42 bits per heavy atom. The van der Waals surface area contributed by atoms with Crippen molar-refractivity contribution in [2.75, 3.05) is 0 Å². The summed E-state index contributed by atoms with van der Waals surface area (Å²) in [7, 11) is -1.79. The molecule has 5 heteroatoms. The zero-order valence-corrected chi connectivity index (χ0v) is 7.14. The van der Waals surface area contributed by atoms with Crippen molar-refractivity contribution in [2.24, 2.45) is 0 Å². The molecule has 1 rings (SSSR count). The van der Waals surface area contributed by atoms with Crippen molar-refractivity contribution in [1.82, 2.24) is 0 Å². The lowest BCUT2D eigenvalue weighted by molar-refractivity contribution is 0.423. The van der Waals surface area contributed by atoms with Crippen LogP contribution < -0.4 is 5.46 Å². The molecule has 0 radical (unpaired) electrons. The molecule has 0 aliphatic carbocycles. The van der Waals surface area contributed by atoms with Crippen molar-refractivity contribution in [3.05, 3.63) is 28.5 Å². The molecule has 0 unspecified atom stereocenters. The van der Waals surface area contributed by atoms with Gasteiger partial charge in [0.2, 0.25) is 0 Å². The summed E-state index contributed by atoms with van der Waals surface area (Å²) in [6, 6.07) is 2.67. The fourth-order valence-corrected chi connectivity index (χ4v) is 1.03. The number of rotatable bonds is 1. The second-order valence-electron chi connectivity index (χ2n) is 2.45. The Morgan fingerprint density at radius 2 is 2.00 bits per heavy atom. The molecule has 0 spiro atoms. The van der Waals surface area contributed by atoms with E-state index < -0.39 is 12.9 Å². The quantitative estimate of drug-likeness (QED) is 0.629. The Balaban J connectivity index is 3.27. The maximum atomic E-state index is 13.1. The number of hydrogen-bond acceptors (Lipinski definition) is 2. The third-order valence-corrected chi connectivity index (χ3v) is 2.04. The van der Waals surface area contributed by atoms with Crippen molar-refractivity contribution in [3.8, 4) is 0 Å². The topological polar surface area (TPSA) is 40.5 Å². The molecule has 0 saturated carbocycles. The van der Waals surface area contributed by atoms with Gasteiger partial charge in [-0.2, -0.15) is 0 Å². The molecule has 0 atom stereocenters. The fraction of sp³-hybridized carbons (Fsp3) is 0.143. The highest BCUT2D eigenvalue weighted by atomic mass is 35.5. The third kappa shape index (κ3) is 1.60. The largest absolute Gasteiger partial charge is 0.491 e. The zero-order chi connectivity index (χ0) is 9.30. The average Bonchev–Trinajstić information content (AvgIpc) is 2.00. The van der Waals surface area contributed by atoms with Crippen molar-refractivity contribution in [2.45, 2.75) is 6.92 Å². The van der Waals surface area contributed by atoms with Gasteiger partial charge in [0.05, 0.1) is 0 Å². The van der Waals surface area contributed by atoms with E-state index in [1.54, 1.807) is 0 Å². The molecular weight excluding hydrogens is 181 g/mol. The van der Waals surface area contributed by atoms with Gasteiger partial charge < -0.3 is 10.0 Å². The van der Waals surface area contributed by atoms with Crippen LogP contribution in [0.1, 0.15) is 5.56 Å². The smallest absolute Gasteiger partial charge is 0.423 e. The highest BCUT2D eigenvalue weighted by molar-refractivity contribution is 6.58. The first-order valence-electron chi connectivity index (χ1n) is 3.34. The normalized spacial score (nSPS) is 10.1. The molecule has 0 bridgehead atoms. The van der Waals surface area contributed by atoms with Crippen LogP contribution in [0, 0.1) is 12.7 Å². The molecule has 0 amide bonds. The van der Waals surface area contributed by atoms with E-state index in [9.17, 15) is 4.39 Å². The summed E-state index contributed by atoms with van der Waals surface area (Å²) in [5.74, 6) is -0.669. The second-order valence-corrected chi connectivity index (χ2v) is 2.86. The lowest BCUT2D eigenvalue weighted by Crippen LogP contribution is -2.33. The van der Waals surface area contributed by atoms with E-state index in [-0.39, 0.29) is 16.0 Å². The van der Waals surface area contributed by atoms with Crippen LogP contribution in [0.4, 0.5) is 4.39 Å². The van der Waals surface area contributed by atoms with Crippen LogP contribution in [0.2, 0.25) is 5.02 Å². The minimum absolute atomic E-state index is 0.156.